The van der Waals surface area contributed by atoms with E-state index in [0.29, 0.717) is 22.6 Å². The van der Waals surface area contributed by atoms with Crippen LogP contribution in [0.4, 0.5) is 5.82 Å². The molecule has 2 aromatic heterocycles. The van der Waals surface area contributed by atoms with Gasteiger partial charge in [0.05, 0.1) is 24.7 Å². The van der Waals surface area contributed by atoms with E-state index in [2.05, 4.69) is 25.7 Å². The molecule has 3 aromatic rings. The summed E-state index contributed by atoms with van der Waals surface area (Å²) in [5.41, 5.74) is 4.19. The number of benzene rings is 1. The zero-order valence-electron chi connectivity index (χ0n) is 12.4. The van der Waals surface area contributed by atoms with Gasteiger partial charge in [0.2, 0.25) is 0 Å². The highest BCUT2D eigenvalue weighted by Crippen LogP contribution is 2.22. The average Bonchev–Trinajstić information content (AvgIpc) is 2.59. The lowest BCUT2D eigenvalue weighted by atomic mass is 10.1. The Balaban J connectivity index is 1.91. The van der Waals surface area contributed by atoms with Gasteiger partial charge in [0, 0.05) is 28.1 Å². The topological polar surface area (TPSA) is 104 Å². The molecule has 0 bridgehead atoms. The van der Waals surface area contributed by atoms with Crippen LogP contribution in [0.5, 0.6) is 5.75 Å². The van der Waals surface area contributed by atoms with Crippen LogP contribution < -0.4 is 5.43 Å². The number of hydrazone groups is 1. The number of hydrogen-bond acceptors (Lipinski definition) is 7. The Bertz CT molecular complexity index is 874. The van der Waals surface area contributed by atoms with Crippen LogP contribution in [0.1, 0.15) is 16.8 Å². The summed E-state index contributed by atoms with van der Waals surface area (Å²) in [6, 6.07) is 7.67. The lowest BCUT2D eigenvalue weighted by Crippen LogP contribution is -2.00. The molecule has 0 fully saturated rings. The lowest BCUT2D eigenvalue weighted by molar-refractivity contribution is 0.280. The van der Waals surface area contributed by atoms with Gasteiger partial charge in [0.15, 0.2) is 5.82 Å². The number of pyridine rings is 1. The minimum Gasteiger partial charge on any atom is -0.505 e. The molecule has 3 rings (SSSR count). The van der Waals surface area contributed by atoms with Crippen LogP contribution in [-0.2, 0) is 6.61 Å². The van der Waals surface area contributed by atoms with Crippen molar-refractivity contribution >= 4 is 22.8 Å². The number of fused-ring (bicyclic) bond motifs is 1. The first-order valence-electron chi connectivity index (χ1n) is 6.98. The van der Waals surface area contributed by atoms with E-state index in [1.165, 1.54) is 12.4 Å². The van der Waals surface area contributed by atoms with Crippen molar-refractivity contribution in [2.24, 2.45) is 5.10 Å². The Morgan fingerprint density at radius 1 is 1.26 bits per heavy atom. The molecule has 7 nitrogen and oxygen atoms in total. The molecule has 0 spiro atoms. The van der Waals surface area contributed by atoms with Gasteiger partial charge in [-0.3, -0.25) is 10.4 Å². The highest BCUT2D eigenvalue weighted by atomic mass is 16.3. The monoisotopic (exact) mass is 309 g/mol. The van der Waals surface area contributed by atoms with Gasteiger partial charge in [0.1, 0.15) is 5.75 Å². The van der Waals surface area contributed by atoms with Crippen LogP contribution in [0, 0.1) is 6.92 Å². The molecule has 0 saturated heterocycles. The second kappa shape index (κ2) is 6.37. The van der Waals surface area contributed by atoms with Gasteiger partial charge in [-0.15, -0.1) is 5.10 Å². The Morgan fingerprint density at radius 2 is 2.09 bits per heavy atom. The van der Waals surface area contributed by atoms with E-state index in [4.69, 9.17) is 0 Å². The summed E-state index contributed by atoms with van der Waals surface area (Å²) in [6.45, 7) is 1.44. The fourth-order valence-corrected chi connectivity index (χ4v) is 2.19. The minimum absolute atomic E-state index is 0.00824. The molecule has 0 radical (unpaired) electrons. The summed E-state index contributed by atoms with van der Waals surface area (Å²) in [7, 11) is 0. The van der Waals surface area contributed by atoms with Gasteiger partial charge in [-0.05, 0) is 6.92 Å². The normalized spacial score (nSPS) is 11.2. The molecular formula is C16H15N5O2. The molecule has 0 atom stereocenters. The molecule has 2 heterocycles. The molecule has 0 aliphatic heterocycles. The summed E-state index contributed by atoms with van der Waals surface area (Å²) in [6.07, 6.45) is 4.61. The Labute approximate surface area is 132 Å². The molecule has 0 aliphatic rings. The zero-order valence-corrected chi connectivity index (χ0v) is 12.4. The van der Waals surface area contributed by atoms with Gasteiger partial charge in [-0.1, -0.05) is 24.3 Å². The number of rotatable bonds is 4. The van der Waals surface area contributed by atoms with Crippen LogP contribution in [0.15, 0.2) is 41.8 Å². The molecule has 0 saturated carbocycles. The van der Waals surface area contributed by atoms with Crippen molar-refractivity contribution in [3.05, 3.63) is 53.5 Å². The van der Waals surface area contributed by atoms with E-state index in [1.807, 2.05) is 24.3 Å². The molecule has 116 valence electrons. The van der Waals surface area contributed by atoms with Gasteiger partial charge < -0.3 is 10.2 Å². The molecule has 0 amide bonds. The van der Waals surface area contributed by atoms with Crippen molar-refractivity contribution in [3.63, 3.8) is 0 Å². The van der Waals surface area contributed by atoms with Crippen LogP contribution in [0.2, 0.25) is 0 Å². The third-order valence-electron chi connectivity index (χ3n) is 3.46. The maximum absolute atomic E-state index is 10.1. The van der Waals surface area contributed by atoms with Crippen LogP contribution in [-0.4, -0.2) is 31.6 Å². The van der Waals surface area contributed by atoms with Gasteiger partial charge >= 0.3 is 0 Å². The van der Waals surface area contributed by atoms with Gasteiger partial charge in [0.25, 0.3) is 0 Å². The smallest absolute Gasteiger partial charge is 0.176 e. The number of nitrogens with one attached hydrogen (secondary N) is 1. The number of hydrogen-bond donors (Lipinski definition) is 3. The summed E-state index contributed by atoms with van der Waals surface area (Å²) in [5.74, 6) is 0.501. The van der Waals surface area contributed by atoms with E-state index in [0.717, 1.165) is 10.8 Å². The Morgan fingerprint density at radius 3 is 2.91 bits per heavy atom. The van der Waals surface area contributed by atoms with E-state index in [-0.39, 0.29) is 12.4 Å². The number of aryl methyl sites for hydroxylation is 1. The third-order valence-corrected chi connectivity index (χ3v) is 3.46. The standard InChI is InChI=1S/C16H15N5O2/c1-10-15(23)14(12(9-22)6-17-10)8-19-21-16-13-5-3-2-4-11(13)7-18-20-16/h2-8,22-23H,9H2,1H3,(H,20,21)/b19-8-. The number of aliphatic hydroxyl groups is 1. The molecule has 0 unspecified atom stereocenters. The van der Waals surface area contributed by atoms with Crippen molar-refractivity contribution in [2.75, 3.05) is 5.43 Å². The Hall–Kier alpha value is -3.06. The van der Waals surface area contributed by atoms with Crippen molar-refractivity contribution in [1.29, 1.82) is 0 Å². The molecule has 3 N–H and O–H groups in total. The van der Waals surface area contributed by atoms with Crippen molar-refractivity contribution < 1.29 is 10.2 Å². The number of anilines is 1. The lowest BCUT2D eigenvalue weighted by Gasteiger charge is -2.07. The number of aromatic nitrogens is 3. The second-order valence-electron chi connectivity index (χ2n) is 4.94. The highest BCUT2D eigenvalue weighted by molar-refractivity contribution is 5.92. The summed E-state index contributed by atoms with van der Waals surface area (Å²) >= 11 is 0. The summed E-state index contributed by atoms with van der Waals surface area (Å²) in [4.78, 5) is 4.00. The molecule has 1 aromatic carbocycles. The van der Waals surface area contributed by atoms with E-state index >= 15 is 0 Å². The van der Waals surface area contributed by atoms with Crippen LogP contribution in [0.3, 0.4) is 0 Å². The zero-order chi connectivity index (χ0) is 16.2. The van der Waals surface area contributed by atoms with Crippen molar-refractivity contribution in [1.82, 2.24) is 15.2 Å². The first-order chi connectivity index (χ1) is 11.2. The molecular weight excluding hydrogens is 294 g/mol. The highest BCUT2D eigenvalue weighted by Gasteiger charge is 2.09. The quantitative estimate of drug-likeness (QED) is 0.503. The minimum atomic E-state index is -0.240. The Kier molecular flexibility index (Phi) is 4.11. The first-order valence-corrected chi connectivity index (χ1v) is 6.98. The predicted molar refractivity (Wildman–Crippen MR) is 87.3 cm³/mol. The van der Waals surface area contributed by atoms with Crippen LogP contribution in [0.25, 0.3) is 10.8 Å². The third kappa shape index (κ3) is 2.95. The van der Waals surface area contributed by atoms with Crippen LogP contribution >= 0.6 is 0 Å². The van der Waals surface area contributed by atoms with Crippen molar-refractivity contribution in [2.45, 2.75) is 13.5 Å². The SMILES string of the molecule is Cc1ncc(CO)c(/C=N\Nc2nncc3ccccc23)c1O. The number of aromatic hydroxyl groups is 1. The number of aliphatic hydroxyl groups excluding tert-OH is 1. The summed E-state index contributed by atoms with van der Waals surface area (Å²) in [5, 5.41) is 33.3. The van der Waals surface area contributed by atoms with E-state index in [1.54, 1.807) is 13.1 Å². The maximum Gasteiger partial charge on any atom is 0.176 e. The fourth-order valence-electron chi connectivity index (χ4n) is 2.19. The fraction of sp³-hybridized carbons (Fsp3) is 0.125. The average molecular weight is 309 g/mol. The first kappa shape index (κ1) is 14.9. The second-order valence-corrected chi connectivity index (χ2v) is 4.94. The van der Waals surface area contributed by atoms with E-state index in [9.17, 15) is 10.2 Å². The molecule has 0 aliphatic carbocycles. The van der Waals surface area contributed by atoms with Gasteiger partial charge in [-0.25, -0.2) is 0 Å². The van der Waals surface area contributed by atoms with E-state index < -0.39 is 0 Å². The number of nitrogens with zero attached hydrogens (tertiary/aromatic N) is 4. The van der Waals surface area contributed by atoms with Crippen molar-refractivity contribution in [3.8, 4) is 5.75 Å². The van der Waals surface area contributed by atoms with Gasteiger partial charge in [-0.2, -0.15) is 10.2 Å². The largest absolute Gasteiger partial charge is 0.505 e. The summed E-state index contributed by atoms with van der Waals surface area (Å²) < 4.78 is 0. The maximum atomic E-state index is 10.1. The molecule has 23 heavy (non-hydrogen) atoms. The predicted octanol–water partition coefficient (Wildman–Crippen LogP) is 1.98. The molecule has 7 heteroatoms.